The van der Waals surface area contributed by atoms with Crippen LogP contribution in [0.1, 0.15) is 39.5 Å². The third kappa shape index (κ3) is 9.79. The molecule has 0 spiro atoms. The number of benzene rings is 2. The number of sulfone groups is 2. The maximum Gasteiger partial charge on any atom is 0.407 e. The Bertz CT molecular complexity index is 1630. The average molecular weight is 761 g/mol. The summed E-state index contributed by atoms with van der Waals surface area (Å²) in [5, 5.41) is 5.23. The number of cyclic esters (lactones) is 2. The molecule has 52 heavy (non-hydrogen) atoms. The van der Waals surface area contributed by atoms with Gasteiger partial charge in [0.25, 0.3) is 0 Å². The van der Waals surface area contributed by atoms with Crippen molar-refractivity contribution in [1.29, 1.82) is 0 Å². The van der Waals surface area contributed by atoms with Crippen molar-refractivity contribution in [3.63, 3.8) is 0 Å². The number of aldehydes is 1. The van der Waals surface area contributed by atoms with Gasteiger partial charge in [-0.3, -0.25) is 0 Å². The second kappa shape index (κ2) is 17.4. The Labute approximate surface area is 305 Å². The van der Waals surface area contributed by atoms with Gasteiger partial charge in [0.1, 0.15) is 18.5 Å². The first-order valence-electron chi connectivity index (χ1n) is 17.6. The van der Waals surface area contributed by atoms with Crippen molar-refractivity contribution in [2.75, 3.05) is 24.6 Å². The van der Waals surface area contributed by atoms with E-state index in [0.29, 0.717) is 37.2 Å². The Balaban J connectivity index is 0.000000201. The molecule has 2 aromatic carbocycles. The summed E-state index contributed by atoms with van der Waals surface area (Å²) in [6.07, 6.45) is 1.89. The number of alkyl carbamates (subject to hydrolysis) is 2. The zero-order valence-corrected chi connectivity index (χ0v) is 31.0. The minimum atomic E-state index is -3.48. The molecule has 2 amide bonds. The second-order valence-corrected chi connectivity index (χ2v) is 17.9. The monoisotopic (exact) mass is 760 g/mol. The number of carbonyl (C=O) groups excluding carboxylic acids is 3. The summed E-state index contributed by atoms with van der Waals surface area (Å²) in [6.45, 7) is 8.60. The normalized spacial score (nSPS) is 31.4. The van der Waals surface area contributed by atoms with Gasteiger partial charge >= 0.3 is 12.2 Å². The van der Waals surface area contributed by atoms with Crippen LogP contribution in [0.25, 0.3) is 0 Å². The van der Waals surface area contributed by atoms with Gasteiger partial charge < -0.3 is 34.4 Å². The van der Waals surface area contributed by atoms with Crippen molar-refractivity contribution < 1.29 is 50.2 Å². The quantitative estimate of drug-likeness (QED) is 0.209. The predicted molar refractivity (Wildman–Crippen MR) is 191 cm³/mol. The van der Waals surface area contributed by atoms with Gasteiger partial charge in [0.05, 0.1) is 58.8 Å². The minimum absolute atomic E-state index is 0.0376. The van der Waals surface area contributed by atoms with Gasteiger partial charge in [-0.25, -0.2) is 26.4 Å². The fraction of sp³-hybridized carbons (Fsp3) is 0.541. The van der Waals surface area contributed by atoms with E-state index in [1.54, 1.807) is 66.7 Å². The first-order chi connectivity index (χ1) is 24.8. The van der Waals surface area contributed by atoms with Crippen molar-refractivity contribution in [2.24, 2.45) is 23.7 Å². The highest BCUT2D eigenvalue weighted by atomic mass is 32.2. The lowest BCUT2D eigenvalue weighted by Gasteiger charge is -2.21. The molecule has 4 heterocycles. The molecule has 10 atom stereocenters. The van der Waals surface area contributed by atoms with E-state index in [9.17, 15) is 31.2 Å². The van der Waals surface area contributed by atoms with E-state index in [0.717, 1.165) is 6.29 Å². The Morgan fingerprint density at radius 2 is 1.08 bits per heavy atom. The summed E-state index contributed by atoms with van der Waals surface area (Å²) in [6, 6.07) is 16.8. The largest absolute Gasteiger partial charge is 0.444 e. The zero-order valence-electron chi connectivity index (χ0n) is 29.4. The Hall–Kier alpha value is -3.79. The summed E-state index contributed by atoms with van der Waals surface area (Å²) in [5.41, 5.74) is 0. The molecule has 2 unspecified atom stereocenters. The van der Waals surface area contributed by atoms with Gasteiger partial charge in [-0.2, -0.15) is 0 Å². The summed E-state index contributed by atoms with van der Waals surface area (Å²) >= 11 is 0. The third-order valence-electron chi connectivity index (χ3n) is 10.4. The molecule has 2 N–H and O–H groups in total. The van der Waals surface area contributed by atoms with Gasteiger partial charge in [0, 0.05) is 31.1 Å². The molecule has 13 nitrogen and oxygen atoms in total. The summed E-state index contributed by atoms with van der Waals surface area (Å²) in [5.74, 6) is -0.490. The van der Waals surface area contributed by atoms with Crippen LogP contribution in [0.5, 0.6) is 0 Å². The molecule has 284 valence electrons. The molecule has 4 aliphatic rings. The van der Waals surface area contributed by atoms with E-state index in [1.165, 1.54) is 0 Å². The molecule has 15 heteroatoms. The smallest absolute Gasteiger partial charge is 0.407 e. The third-order valence-corrected chi connectivity index (χ3v) is 14.0. The van der Waals surface area contributed by atoms with Crippen LogP contribution in [-0.2, 0) is 43.4 Å². The van der Waals surface area contributed by atoms with Crippen LogP contribution in [0.15, 0.2) is 83.1 Å². The number of rotatable bonds is 14. The highest BCUT2D eigenvalue weighted by molar-refractivity contribution is 7.91. The summed E-state index contributed by atoms with van der Waals surface area (Å²) in [7, 11) is -6.88. The molecule has 4 fully saturated rings. The van der Waals surface area contributed by atoms with Gasteiger partial charge in [0.15, 0.2) is 19.7 Å². The van der Waals surface area contributed by atoms with E-state index >= 15 is 0 Å². The van der Waals surface area contributed by atoms with Crippen molar-refractivity contribution >= 4 is 38.1 Å². The molecule has 0 radical (unpaired) electrons. The fourth-order valence-corrected chi connectivity index (χ4v) is 11.1. The molecular formula is C37H48N2O11S2. The lowest BCUT2D eigenvalue weighted by atomic mass is 9.87. The van der Waals surface area contributed by atoms with Crippen molar-refractivity contribution in [3.05, 3.63) is 73.3 Å². The number of amides is 2. The SMILES string of the molecule is C=CC[C@@H]1OC(C[C@H]2CNC(=O)O2)[C@H](C)[C@H]1CS(=O)(=O)c1ccccc1.C[C@H]1C(C[C@H]2CNC(=O)O2)O[C@@H](CC=O)[C@@H]1CS(=O)(=O)c1ccccc1. The lowest BCUT2D eigenvalue weighted by molar-refractivity contribution is -0.110. The van der Waals surface area contributed by atoms with Gasteiger partial charge in [0.2, 0.25) is 0 Å². The molecule has 4 saturated heterocycles. The predicted octanol–water partition coefficient (Wildman–Crippen LogP) is 4.12. The zero-order chi connectivity index (χ0) is 37.5. The number of ether oxygens (including phenoxy) is 4. The number of carbonyl (C=O) groups is 3. The standard InChI is InChI=1S/C19H25NO5S.C18H23NO6S/c1-3-7-17-16(12-26(22,23)15-8-5-4-6-9-15)13(2)18(25-17)10-14-11-20-19(21)24-14;1-12-15(11-26(22,23)14-5-3-2-4-6-14)16(7-8-20)25-17(12)9-13-10-19-18(21)24-13/h3-6,8-9,13-14,16-18H,1,7,10-12H2,2H3,(H,20,21);2-6,8,12-13,15-17H,7,9-11H2,1H3,(H,19,21)/t13-,14+,16-,17+,18?;12-,13+,15-,16+,17?/m11/s1. The number of hydrogen-bond acceptors (Lipinski definition) is 11. The highest BCUT2D eigenvalue weighted by Crippen LogP contribution is 2.40. The van der Waals surface area contributed by atoms with E-state index in [2.05, 4.69) is 17.2 Å². The molecule has 4 aliphatic heterocycles. The Morgan fingerprint density at radius 1 is 0.673 bits per heavy atom. The molecule has 2 aromatic rings. The van der Waals surface area contributed by atoms with Gasteiger partial charge in [-0.15, -0.1) is 6.58 Å². The fourth-order valence-electron chi connectivity index (χ4n) is 7.51. The van der Waals surface area contributed by atoms with Crippen LogP contribution in [-0.4, -0.2) is 96.5 Å². The highest BCUT2D eigenvalue weighted by Gasteiger charge is 2.46. The second-order valence-electron chi connectivity index (χ2n) is 13.9. The molecule has 0 aromatic heterocycles. The van der Waals surface area contributed by atoms with Gasteiger partial charge in [-0.05, 0) is 42.5 Å². The Kier molecular flexibility index (Phi) is 13.2. The van der Waals surface area contributed by atoms with E-state index in [1.807, 2.05) is 13.8 Å². The van der Waals surface area contributed by atoms with Crippen LogP contribution < -0.4 is 10.6 Å². The summed E-state index contributed by atoms with van der Waals surface area (Å²) < 4.78 is 73.6. The first-order valence-corrected chi connectivity index (χ1v) is 20.9. The Morgan fingerprint density at radius 3 is 1.42 bits per heavy atom. The van der Waals surface area contributed by atoms with E-state index in [4.69, 9.17) is 18.9 Å². The van der Waals surface area contributed by atoms with Crippen LogP contribution in [0.2, 0.25) is 0 Å². The number of hydrogen-bond donors (Lipinski definition) is 2. The van der Waals surface area contributed by atoms with E-state index in [-0.39, 0.29) is 77.0 Å². The number of nitrogens with one attached hydrogen (secondary N) is 2. The lowest BCUT2D eigenvalue weighted by Crippen LogP contribution is -2.29. The van der Waals surface area contributed by atoms with Crippen LogP contribution in [0, 0.1) is 23.7 Å². The van der Waals surface area contributed by atoms with Crippen molar-refractivity contribution in [2.45, 2.75) is 85.9 Å². The van der Waals surface area contributed by atoms with Crippen LogP contribution >= 0.6 is 0 Å². The first kappa shape index (κ1) is 39.4. The van der Waals surface area contributed by atoms with Crippen LogP contribution in [0.3, 0.4) is 0 Å². The van der Waals surface area contributed by atoms with Crippen molar-refractivity contribution in [3.8, 4) is 0 Å². The topological polar surface area (TPSA) is 180 Å². The maximum atomic E-state index is 12.8. The van der Waals surface area contributed by atoms with Crippen molar-refractivity contribution in [1.82, 2.24) is 10.6 Å². The molecule has 0 saturated carbocycles. The molecule has 0 aliphatic carbocycles. The van der Waals surface area contributed by atoms with Gasteiger partial charge in [-0.1, -0.05) is 56.3 Å². The molecule has 6 rings (SSSR count). The van der Waals surface area contributed by atoms with Crippen LogP contribution in [0.4, 0.5) is 9.59 Å². The molecule has 0 bridgehead atoms. The minimum Gasteiger partial charge on any atom is -0.444 e. The maximum absolute atomic E-state index is 12.8. The molecular weight excluding hydrogens is 713 g/mol. The summed E-state index contributed by atoms with van der Waals surface area (Å²) in [4.78, 5) is 34.0. The average Bonchev–Trinajstić information content (AvgIpc) is 3.87. The van der Waals surface area contributed by atoms with E-state index < -0.39 is 38.0 Å².